The number of carbonyl (C=O) groups is 1. The summed E-state index contributed by atoms with van der Waals surface area (Å²) in [5, 5.41) is 25.4. The number of alkyl halides is 1. The van der Waals surface area contributed by atoms with E-state index in [0.29, 0.717) is 40.5 Å². The van der Waals surface area contributed by atoms with Crippen molar-refractivity contribution in [3.05, 3.63) is 41.4 Å². The van der Waals surface area contributed by atoms with E-state index in [1.165, 1.54) is 30.8 Å². The summed E-state index contributed by atoms with van der Waals surface area (Å²) in [6.45, 7) is 6.13. The van der Waals surface area contributed by atoms with E-state index in [2.05, 4.69) is 15.1 Å². The normalized spacial score (nSPS) is 19.4. The van der Waals surface area contributed by atoms with E-state index in [9.17, 15) is 15.0 Å². The molecule has 1 aliphatic rings. The number of anilines is 1. The number of rotatable bonds is 8. The number of carbonyl (C=O) groups excluding carboxylic acids is 1. The van der Waals surface area contributed by atoms with Gasteiger partial charge in [-0.1, -0.05) is 11.6 Å². The molecule has 4 N–H and O–H groups in total. The van der Waals surface area contributed by atoms with Crippen LogP contribution in [0.1, 0.15) is 50.9 Å². The summed E-state index contributed by atoms with van der Waals surface area (Å²) in [5.41, 5.74) is 5.31. The van der Waals surface area contributed by atoms with Crippen molar-refractivity contribution in [1.29, 1.82) is 0 Å². The lowest BCUT2D eigenvalue weighted by Gasteiger charge is -2.49. The lowest BCUT2D eigenvalue weighted by molar-refractivity contribution is -0.0319. The van der Waals surface area contributed by atoms with E-state index >= 15 is 4.39 Å². The first kappa shape index (κ1) is 25.3. The molecule has 0 unspecified atom stereocenters. The topological polar surface area (TPSA) is 130 Å². The zero-order valence-electron chi connectivity index (χ0n) is 20.1. The van der Waals surface area contributed by atoms with E-state index in [0.717, 1.165) is 0 Å². The summed E-state index contributed by atoms with van der Waals surface area (Å²) >= 11 is 6.01. The van der Waals surface area contributed by atoms with Crippen LogP contribution >= 0.6 is 11.6 Å². The van der Waals surface area contributed by atoms with Crippen LogP contribution < -0.4 is 10.6 Å². The first-order valence-corrected chi connectivity index (χ1v) is 11.8. The van der Waals surface area contributed by atoms with E-state index in [1.807, 2.05) is 0 Å². The molecule has 0 radical (unpaired) electrons. The maximum atomic E-state index is 15.1. The molecule has 0 aromatic carbocycles. The zero-order chi connectivity index (χ0) is 25.7. The summed E-state index contributed by atoms with van der Waals surface area (Å²) in [5.74, 6) is -0.687. The third-order valence-electron chi connectivity index (χ3n) is 6.73. The van der Waals surface area contributed by atoms with Crippen molar-refractivity contribution < 1.29 is 19.4 Å². The molecular formula is C24H30ClFN6O3. The smallest absolute Gasteiger partial charge is 0.252 e. The van der Waals surface area contributed by atoms with Gasteiger partial charge in [0, 0.05) is 18.4 Å². The Morgan fingerprint density at radius 1 is 1.26 bits per heavy atom. The molecule has 0 aliphatic heterocycles. The van der Waals surface area contributed by atoms with Gasteiger partial charge in [0.2, 0.25) is 0 Å². The second-order valence-corrected chi connectivity index (χ2v) is 10.7. The largest absolute Gasteiger partial charge is 0.390 e. The van der Waals surface area contributed by atoms with Gasteiger partial charge in [0.15, 0.2) is 5.65 Å². The monoisotopic (exact) mass is 504 g/mol. The molecule has 1 atom stereocenters. The number of nitrogens with zero attached hydrogens (tertiary/aromatic N) is 5. The number of fused-ring (bicyclic) bond motifs is 1. The predicted molar refractivity (Wildman–Crippen MR) is 131 cm³/mol. The Morgan fingerprint density at radius 3 is 2.54 bits per heavy atom. The van der Waals surface area contributed by atoms with E-state index in [1.54, 1.807) is 37.2 Å². The lowest BCUT2D eigenvalue weighted by atomic mass is 9.70. The molecular weight excluding hydrogens is 475 g/mol. The highest BCUT2D eigenvalue weighted by Gasteiger charge is 2.43. The highest BCUT2D eigenvalue weighted by atomic mass is 35.5. The molecule has 0 bridgehead atoms. The van der Waals surface area contributed by atoms with Crippen molar-refractivity contribution in [2.75, 3.05) is 11.4 Å². The van der Waals surface area contributed by atoms with Gasteiger partial charge in [0.1, 0.15) is 6.17 Å². The molecule has 1 amide bonds. The van der Waals surface area contributed by atoms with Crippen LogP contribution in [0.4, 0.5) is 10.1 Å². The van der Waals surface area contributed by atoms with Gasteiger partial charge in [-0.15, -0.1) is 0 Å². The molecule has 11 heteroatoms. The van der Waals surface area contributed by atoms with Crippen LogP contribution in [0, 0.1) is 5.92 Å². The fourth-order valence-corrected chi connectivity index (χ4v) is 4.45. The van der Waals surface area contributed by atoms with E-state index < -0.39 is 23.3 Å². The van der Waals surface area contributed by atoms with Gasteiger partial charge in [0.05, 0.1) is 57.7 Å². The van der Waals surface area contributed by atoms with Gasteiger partial charge >= 0.3 is 0 Å². The van der Waals surface area contributed by atoms with Crippen molar-refractivity contribution in [3.8, 4) is 11.3 Å². The van der Waals surface area contributed by atoms with Crippen molar-refractivity contribution >= 4 is 28.8 Å². The molecule has 188 valence electrons. The molecule has 1 fully saturated rings. The summed E-state index contributed by atoms with van der Waals surface area (Å²) in [6, 6.07) is 1.50. The number of aromatic nitrogens is 4. The van der Waals surface area contributed by atoms with Crippen LogP contribution in [-0.4, -0.2) is 65.7 Å². The van der Waals surface area contributed by atoms with Crippen LogP contribution in [0.2, 0.25) is 5.02 Å². The highest BCUT2D eigenvalue weighted by molar-refractivity contribution is 6.30. The first-order chi connectivity index (χ1) is 16.3. The Hall–Kier alpha value is -2.82. The van der Waals surface area contributed by atoms with Crippen LogP contribution in [0.15, 0.2) is 30.9 Å². The van der Waals surface area contributed by atoms with Gasteiger partial charge in [-0.25, -0.2) is 13.9 Å². The minimum absolute atomic E-state index is 0.0158. The van der Waals surface area contributed by atoms with Gasteiger partial charge in [0.25, 0.3) is 5.91 Å². The number of halogens is 2. The minimum atomic E-state index is -1.61. The standard InChI is InChI=1S/C24H30ClFN6O3/c1-23(2,34)13-5-15(6-13)31(12-20(26)24(3,4)35)19-7-18(28-9-17(19)21(27)33)16-10-30-32-11-14(25)8-29-22(16)32/h7-11,13,15,20,34-35H,5-6,12H2,1-4H3,(H2,27,33)/t13?,15?,20-/m1/s1. The summed E-state index contributed by atoms with van der Waals surface area (Å²) in [4.78, 5) is 22.8. The number of aliphatic hydroxyl groups is 2. The Bertz CT molecular complexity index is 1250. The zero-order valence-corrected chi connectivity index (χ0v) is 20.9. The molecule has 3 aromatic rings. The van der Waals surface area contributed by atoms with Crippen LogP contribution in [0.5, 0.6) is 0 Å². The Kier molecular flexibility index (Phi) is 6.50. The maximum absolute atomic E-state index is 15.1. The fraction of sp³-hybridized carbons (Fsp3) is 0.500. The summed E-state index contributed by atoms with van der Waals surface area (Å²) in [7, 11) is 0. The van der Waals surface area contributed by atoms with Crippen molar-refractivity contribution in [3.63, 3.8) is 0 Å². The second-order valence-electron chi connectivity index (χ2n) is 10.3. The number of hydrogen-bond donors (Lipinski definition) is 3. The molecule has 0 spiro atoms. The summed E-state index contributed by atoms with van der Waals surface area (Å²) < 4.78 is 16.7. The van der Waals surface area contributed by atoms with E-state index in [4.69, 9.17) is 17.3 Å². The molecule has 1 aliphatic carbocycles. The van der Waals surface area contributed by atoms with Crippen molar-refractivity contribution in [2.45, 2.75) is 64.0 Å². The van der Waals surface area contributed by atoms with Gasteiger partial charge in [-0.05, 0) is 52.5 Å². The first-order valence-electron chi connectivity index (χ1n) is 11.4. The molecule has 4 rings (SSSR count). The molecule has 3 heterocycles. The van der Waals surface area contributed by atoms with Crippen LogP contribution in [0.25, 0.3) is 16.9 Å². The Balaban J connectivity index is 1.79. The molecule has 1 saturated carbocycles. The Morgan fingerprint density at radius 2 is 1.94 bits per heavy atom. The van der Waals surface area contributed by atoms with Crippen LogP contribution in [-0.2, 0) is 0 Å². The van der Waals surface area contributed by atoms with Gasteiger partial charge in [-0.3, -0.25) is 9.78 Å². The summed E-state index contributed by atoms with van der Waals surface area (Å²) in [6.07, 6.45) is 5.63. The molecule has 9 nitrogen and oxygen atoms in total. The Labute approximate surface area is 207 Å². The predicted octanol–water partition coefficient (Wildman–Crippen LogP) is 3.01. The molecule has 3 aromatic heterocycles. The van der Waals surface area contributed by atoms with E-state index in [-0.39, 0.29) is 24.1 Å². The number of primary amides is 1. The second kappa shape index (κ2) is 9.00. The average molecular weight is 505 g/mol. The molecule has 0 saturated heterocycles. The van der Waals surface area contributed by atoms with Gasteiger partial charge < -0.3 is 20.8 Å². The van der Waals surface area contributed by atoms with Crippen molar-refractivity contribution in [2.24, 2.45) is 11.7 Å². The number of nitrogens with two attached hydrogens (primary N) is 1. The van der Waals surface area contributed by atoms with Crippen molar-refractivity contribution in [1.82, 2.24) is 19.6 Å². The minimum Gasteiger partial charge on any atom is -0.390 e. The number of hydrogen-bond acceptors (Lipinski definition) is 7. The SMILES string of the molecule is CC(C)(O)C1CC(N(C[C@@H](F)C(C)(C)O)c2cc(-c3cnn4cc(Cl)cnc34)ncc2C(N)=O)C1. The van der Waals surface area contributed by atoms with Gasteiger partial charge in [-0.2, -0.15) is 5.10 Å². The fourth-order valence-electron chi connectivity index (χ4n) is 4.31. The average Bonchev–Trinajstić information content (AvgIpc) is 3.12. The maximum Gasteiger partial charge on any atom is 0.252 e. The third-order valence-corrected chi connectivity index (χ3v) is 6.93. The molecule has 35 heavy (non-hydrogen) atoms. The number of amides is 1. The number of pyridine rings is 1. The third kappa shape index (κ3) is 5.10. The quantitative estimate of drug-likeness (QED) is 0.430. The van der Waals surface area contributed by atoms with Crippen LogP contribution in [0.3, 0.4) is 0 Å². The highest BCUT2D eigenvalue weighted by Crippen LogP contribution is 2.42. The lowest BCUT2D eigenvalue weighted by Crippen LogP contribution is -2.55.